The predicted octanol–water partition coefficient (Wildman–Crippen LogP) is 12.2. The summed E-state index contributed by atoms with van der Waals surface area (Å²) in [6.07, 6.45) is 9.43. The maximum atomic E-state index is 12.2. The largest absolute Gasteiger partial charge is 0.352 e. The number of hydrogen-bond donors (Lipinski definition) is 2. The van der Waals surface area contributed by atoms with Crippen LogP contribution in [0.2, 0.25) is 0 Å². The van der Waals surface area contributed by atoms with E-state index in [0.717, 1.165) is 82.3 Å². The van der Waals surface area contributed by atoms with Crippen LogP contribution >= 0.6 is 0 Å². The number of unbranched alkanes of at least 4 members (excludes halogenated alkanes) is 3. The number of Topliss-reactive ketones (excluding diaryl/α,β-unsaturated/α-hetero) is 1. The maximum Gasteiger partial charge on any atom is 0.246 e. The van der Waals surface area contributed by atoms with Gasteiger partial charge in [-0.15, -0.1) is 0 Å². The van der Waals surface area contributed by atoms with Crippen LogP contribution in [0.4, 0.5) is 0 Å². The van der Waals surface area contributed by atoms with Crippen molar-refractivity contribution in [3.8, 4) is 0 Å². The van der Waals surface area contributed by atoms with Crippen LogP contribution in [-0.2, 0) is 22.6 Å². The first-order chi connectivity index (χ1) is 26.4. The SMILES string of the molecule is C=C(C)C(=O)CCCCCCc1c2ccccc2c(CNCCCNC(=O)C(=C)C)c2ccc(/C(C3=C(C)C(CC)=C(C)C3)=C3/N=C(C)C(CC)=C3C)cc12. The Morgan fingerprint density at radius 1 is 0.745 bits per heavy atom. The molecule has 0 saturated heterocycles. The van der Waals surface area contributed by atoms with E-state index in [1.54, 1.807) is 6.92 Å². The quantitative estimate of drug-likeness (QED) is 0.0731. The van der Waals surface area contributed by atoms with E-state index in [1.807, 2.05) is 6.92 Å². The Bertz CT molecular complexity index is 2180. The Morgan fingerprint density at radius 3 is 2.05 bits per heavy atom. The van der Waals surface area contributed by atoms with E-state index in [2.05, 4.69) is 108 Å². The lowest BCUT2D eigenvalue weighted by molar-refractivity contribution is -0.117. The lowest BCUT2D eigenvalue weighted by Gasteiger charge is -2.21. The fourth-order valence-electron chi connectivity index (χ4n) is 8.71. The van der Waals surface area contributed by atoms with Crippen LogP contribution in [0.5, 0.6) is 0 Å². The molecule has 0 bridgehead atoms. The molecule has 0 atom stereocenters. The molecule has 5 rings (SSSR count). The highest BCUT2D eigenvalue weighted by Crippen LogP contribution is 2.46. The number of allylic oxidation sites excluding steroid dienone is 8. The third kappa shape index (κ3) is 9.27. The normalized spacial score (nSPS) is 15.5. The molecule has 0 saturated carbocycles. The number of rotatable bonds is 19. The topological polar surface area (TPSA) is 70.6 Å². The molecule has 1 heterocycles. The van der Waals surface area contributed by atoms with Gasteiger partial charge in [-0.1, -0.05) is 81.8 Å². The zero-order valence-electron chi connectivity index (χ0n) is 34.9. The molecule has 5 nitrogen and oxygen atoms in total. The van der Waals surface area contributed by atoms with Crippen LogP contribution < -0.4 is 10.6 Å². The molecule has 3 aromatic rings. The van der Waals surface area contributed by atoms with E-state index >= 15 is 0 Å². The van der Waals surface area contributed by atoms with Crippen molar-refractivity contribution >= 4 is 44.5 Å². The molecule has 290 valence electrons. The lowest BCUT2D eigenvalue weighted by atomic mass is 9.85. The Labute approximate surface area is 330 Å². The Morgan fingerprint density at radius 2 is 1.42 bits per heavy atom. The van der Waals surface area contributed by atoms with Crippen molar-refractivity contribution in [3.63, 3.8) is 0 Å². The molecule has 5 heteroatoms. The average molecular weight is 738 g/mol. The number of fused-ring (bicyclic) bond motifs is 2. The second-order valence-electron chi connectivity index (χ2n) is 15.7. The van der Waals surface area contributed by atoms with Crippen LogP contribution in [0.25, 0.3) is 27.1 Å². The van der Waals surface area contributed by atoms with Gasteiger partial charge in [0.05, 0.1) is 5.70 Å². The minimum Gasteiger partial charge on any atom is -0.352 e. The second kappa shape index (κ2) is 18.8. The summed E-state index contributed by atoms with van der Waals surface area (Å²) in [5.74, 6) is 0.0887. The van der Waals surface area contributed by atoms with Crippen molar-refractivity contribution in [2.45, 2.75) is 126 Å². The van der Waals surface area contributed by atoms with E-state index in [-0.39, 0.29) is 11.7 Å². The van der Waals surface area contributed by atoms with E-state index in [4.69, 9.17) is 4.99 Å². The van der Waals surface area contributed by atoms with Gasteiger partial charge < -0.3 is 10.6 Å². The molecule has 2 aliphatic rings. The fourth-order valence-corrected chi connectivity index (χ4v) is 8.71. The summed E-state index contributed by atoms with van der Waals surface area (Å²) in [6.45, 7) is 26.8. The average Bonchev–Trinajstić information content (AvgIpc) is 3.61. The number of carbonyl (C=O) groups is 2. The summed E-state index contributed by atoms with van der Waals surface area (Å²) in [4.78, 5) is 29.5. The van der Waals surface area contributed by atoms with E-state index in [1.165, 1.54) is 77.2 Å². The minimum absolute atomic E-state index is 0.0893. The number of hydrogen-bond acceptors (Lipinski definition) is 4. The number of ketones is 1. The second-order valence-corrected chi connectivity index (χ2v) is 15.7. The van der Waals surface area contributed by atoms with Crippen molar-refractivity contribution in [1.29, 1.82) is 0 Å². The number of benzene rings is 3. The van der Waals surface area contributed by atoms with Crippen LogP contribution in [0.3, 0.4) is 0 Å². The third-order valence-electron chi connectivity index (χ3n) is 11.7. The van der Waals surface area contributed by atoms with E-state index < -0.39 is 0 Å². The number of aryl methyl sites for hydroxylation is 1. The van der Waals surface area contributed by atoms with Crippen molar-refractivity contribution in [2.75, 3.05) is 13.1 Å². The summed E-state index contributed by atoms with van der Waals surface area (Å²) >= 11 is 0. The summed E-state index contributed by atoms with van der Waals surface area (Å²) < 4.78 is 0. The molecule has 3 aromatic carbocycles. The molecule has 2 N–H and O–H groups in total. The summed E-state index contributed by atoms with van der Waals surface area (Å²) in [7, 11) is 0. The number of carbonyl (C=O) groups excluding carboxylic acids is 2. The molecule has 0 spiro atoms. The molecular weight excluding hydrogens is 675 g/mol. The number of nitrogens with zero attached hydrogens (tertiary/aromatic N) is 1. The van der Waals surface area contributed by atoms with Crippen molar-refractivity contribution < 1.29 is 9.59 Å². The van der Waals surface area contributed by atoms with E-state index in [9.17, 15) is 9.59 Å². The number of amides is 1. The summed E-state index contributed by atoms with van der Waals surface area (Å²) in [5.41, 5.74) is 17.1. The lowest BCUT2D eigenvalue weighted by Crippen LogP contribution is -2.27. The molecular formula is C50H63N3O2. The first kappa shape index (κ1) is 41.6. The van der Waals surface area contributed by atoms with Gasteiger partial charge in [-0.3, -0.25) is 14.6 Å². The first-order valence-corrected chi connectivity index (χ1v) is 20.6. The molecule has 0 aromatic heterocycles. The van der Waals surface area contributed by atoms with Crippen molar-refractivity contribution in [2.24, 2.45) is 4.99 Å². The zero-order chi connectivity index (χ0) is 39.8. The van der Waals surface area contributed by atoms with E-state index in [0.29, 0.717) is 24.1 Å². The maximum absolute atomic E-state index is 12.2. The standard InChI is InChI=1S/C50H63N3O2/c1-11-38-33(7)28-44(34(38)8)48(49-35(9)39(12-2)36(10)53-49)37-24-25-43-45(29-37)41(20-15-13-14-16-23-47(54)31(3)4)40-21-17-18-22-42(40)46(43)30-51-26-19-27-52-50(55)32(5)6/h17-18,21-22,24-25,29,51H,3,5,11-16,19-20,23,26-28,30H2,1-2,4,6-10H3,(H,52,55)/b49-48-. The smallest absolute Gasteiger partial charge is 0.246 e. The van der Waals surface area contributed by atoms with Gasteiger partial charge in [0.2, 0.25) is 5.91 Å². The van der Waals surface area contributed by atoms with Gasteiger partial charge >= 0.3 is 0 Å². The van der Waals surface area contributed by atoms with Crippen LogP contribution in [-0.4, -0.2) is 30.5 Å². The molecule has 0 fully saturated rings. The Hall–Kier alpha value is -4.61. The van der Waals surface area contributed by atoms with Gasteiger partial charge in [-0.2, -0.15) is 0 Å². The Kier molecular flexibility index (Phi) is 14.2. The summed E-state index contributed by atoms with van der Waals surface area (Å²) in [5, 5.41) is 11.9. The van der Waals surface area contributed by atoms with Gasteiger partial charge in [0, 0.05) is 36.4 Å². The first-order valence-electron chi connectivity index (χ1n) is 20.6. The molecule has 1 aliphatic carbocycles. The summed E-state index contributed by atoms with van der Waals surface area (Å²) in [6, 6.07) is 16.1. The van der Waals surface area contributed by atoms with Gasteiger partial charge in [-0.25, -0.2) is 0 Å². The number of nitrogens with one attached hydrogen (secondary N) is 2. The van der Waals surface area contributed by atoms with Crippen molar-refractivity contribution in [1.82, 2.24) is 10.6 Å². The highest BCUT2D eigenvalue weighted by atomic mass is 16.1. The highest BCUT2D eigenvalue weighted by Gasteiger charge is 2.28. The third-order valence-corrected chi connectivity index (χ3v) is 11.7. The highest BCUT2D eigenvalue weighted by molar-refractivity contribution is 6.09. The van der Waals surface area contributed by atoms with Crippen LogP contribution in [0.1, 0.15) is 130 Å². The number of aliphatic imine (C=N–C) groups is 1. The van der Waals surface area contributed by atoms with Gasteiger partial charge in [0.25, 0.3) is 0 Å². The predicted molar refractivity (Wildman–Crippen MR) is 236 cm³/mol. The monoisotopic (exact) mass is 737 g/mol. The van der Waals surface area contributed by atoms with Crippen molar-refractivity contribution in [3.05, 3.63) is 123 Å². The molecule has 0 radical (unpaired) electrons. The molecule has 1 amide bonds. The van der Waals surface area contributed by atoms with Crippen LogP contribution in [0, 0.1) is 0 Å². The molecule has 0 unspecified atom stereocenters. The molecule has 55 heavy (non-hydrogen) atoms. The van der Waals surface area contributed by atoms with Gasteiger partial charge in [-0.05, 0) is 171 Å². The minimum atomic E-state index is -0.0893. The zero-order valence-corrected chi connectivity index (χ0v) is 34.9. The Balaban J connectivity index is 1.61. The van der Waals surface area contributed by atoms with Gasteiger partial charge in [0.15, 0.2) is 5.78 Å². The van der Waals surface area contributed by atoms with Gasteiger partial charge in [0.1, 0.15) is 0 Å². The van der Waals surface area contributed by atoms with Crippen LogP contribution in [0.15, 0.2) is 111 Å². The molecule has 1 aliphatic heterocycles. The fraction of sp³-hybridized carbons (Fsp3) is 0.420.